The highest BCUT2D eigenvalue weighted by Crippen LogP contribution is 2.23. The van der Waals surface area contributed by atoms with Crippen molar-refractivity contribution >= 4 is 11.8 Å². The van der Waals surface area contributed by atoms with Gasteiger partial charge in [0.15, 0.2) is 0 Å². The molecule has 2 saturated heterocycles. The number of aliphatic hydroxyl groups is 1. The Morgan fingerprint density at radius 1 is 1.34 bits per heavy atom. The van der Waals surface area contributed by atoms with Crippen LogP contribution in [-0.2, 0) is 27.9 Å². The largest absolute Gasteiger partial charge is 0.391 e. The van der Waals surface area contributed by atoms with E-state index in [-0.39, 0.29) is 37.4 Å². The third kappa shape index (κ3) is 4.67. The third-order valence-electron chi connectivity index (χ3n) is 6.16. The predicted molar refractivity (Wildman–Crippen MR) is 116 cm³/mol. The molecule has 4 rings (SSSR count). The summed E-state index contributed by atoms with van der Waals surface area (Å²) in [6.07, 6.45) is 4.45. The molecule has 0 aromatic carbocycles. The molecule has 2 aromatic rings. The molecule has 2 fully saturated rings. The number of pyridine rings is 1. The van der Waals surface area contributed by atoms with Gasteiger partial charge < -0.3 is 25.4 Å². The van der Waals surface area contributed by atoms with Crippen molar-refractivity contribution in [2.75, 3.05) is 20.2 Å². The molecular formula is C22H30N6O4. The summed E-state index contributed by atoms with van der Waals surface area (Å²) < 4.78 is 7.44. The summed E-state index contributed by atoms with van der Waals surface area (Å²) in [6, 6.07) is 4.44. The Morgan fingerprint density at radius 2 is 2.19 bits per heavy atom. The first-order valence-corrected chi connectivity index (χ1v) is 11.0. The second-order valence-corrected chi connectivity index (χ2v) is 8.31. The number of rotatable bonds is 7. The first-order chi connectivity index (χ1) is 15.5. The van der Waals surface area contributed by atoms with E-state index in [2.05, 4.69) is 20.7 Å². The number of nitrogens with one attached hydrogen (secondary N) is 2. The molecule has 32 heavy (non-hydrogen) atoms. The van der Waals surface area contributed by atoms with Crippen LogP contribution in [0.2, 0.25) is 0 Å². The van der Waals surface area contributed by atoms with E-state index in [1.807, 2.05) is 25.2 Å². The fourth-order valence-corrected chi connectivity index (χ4v) is 4.45. The number of nitrogens with zero attached hydrogens (tertiary/aromatic N) is 4. The van der Waals surface area contributed by atoms with Gasteiger partial charge in [-0.15, -0.1) is 0 Å². The molecule has 0 radical (unpaired) electrons. The van der Waals surface area contributed by atoms with E-state index in [0.29, 0.717) is 12.3 Å². The fraction of sp³-hybridized carbons (Fsp3) is 0.545. The van der Waals surface area contributed by atoms with Gasteiger partial charge in [0.05, 0.1) is 30.1 Å². The zero-order valence-electron chi connectivity index (χ0n) is 18.4. The molecule has 2 amide bonds. The Balaban J connectivity index is 1.38. The van der Waals surface area contributed by atoms with Crippen molar-refractivity contribution in [1.29, 1.82) is 0 Å². The molecule has 172 valence electrons. The van der Waals surface area contributed by atoms with Crippen molar-refractivity contribution < 1.29 is 19.4 Å². The van der Waals surface area contributed by atoms with Crippen molar-refractivity contribution in [3.63, 3.8) is 0 Å². The van der Waals surface area contributed by atoms with Crippen LogP contribution in [0.5, 0.6) is 0 Å². The molecule has 2 aliphatic heterocycles. The average Bonchev–Trinajstić information content (AvgIpc) is 3.54. The monoisotopic (exact) mass is 442 g/mol. The lowest BCUT2D eigenvalue weighted by Gasteiger charge is -2.30. The molecule has 2 aliphatic rings. The Morgan fingerprint density at radius 3 is 2.81 bits per heavy atom. The van der Waals surface area contributed by atoms with E-state index < -0.39 is 18.2 Å². The van der Waals surface area contributed by atoms with Gasteiger partial charge in [0, 0.05) is 44.6 Å². The molecule has 10 nitrogen and oxygen atoms in total. The zero-order chi connectivity index (χ0) is 22.7. The van der Waals surface area contributed by atoms with Crippen LogP contribution < -0.4 is 10.6 Å². The van der Waals surface area contributed by atoms with E-state index in [4.69, 9.17) is 4.74 Å². The highest BCUT2D eigenvalue weighted by atomic mass is 16.5. The van der Waals surface area contributed by atoms with E-state index >= 15 is 0 Å². The second-order valence-electron chi connectivity index (χ2n) is 8.31. The van der Waals surface area contributed by atoms with E-state index in [9.17, 15) is 14.7 Å². The Bertz CT molecular complexity index is 940. The molecule has 4 atom stereocenters. The van der Waals surface area contributed by atoms with Gasteiger partial charge in [0.2, 0.25) is 11.8 Å². The summed E-state index contributed by atoms with van der Waals surface area (Å²) in [7, 11) is 3.58. The van der Waals surface area contributed by atoms with Gasteiger partial charge in [0.1, 0.15) is 12.1 Å². The molecule has 3 N–H and O–H groups in total. The van der Waals surface area contributed by atoms with Crippen molar-refractivity contribution in [2.24, 2.45) is 7.05 Å². The number of likely N-dealkylation sites (tertiary alicyclic amines) is 1. The van der Waals surface area contributed by atoms with Crippen molar-refractivity contribution in [3.05, 3.63) is 36.3 Å². The van der Waals surface area contributed by atoms with Crippen LogP contribution in [0.25, 0.3) is 11.3 Å². The van der Waals surface area contributed by atoms with Crippen molar-refractivity contribution in [1.82, 2.24) is 30.3 Å². The molecular weight excluding hydrogens is 412 g/mol. The van der Waals surface area contributed by atoms with E-state index in [1.165, 1.54) is 4.90 Å². The summed E-state index contributed by atoms with van der Waals surface area (Å²) in [6.45, 7) is 1.01. The predicted octanol–water partition coefficient (Wildman–Crippen LogP) is -0.173. The maximum atomic E-state index is 13.1. The summed E-state index contributed by atoms with van der Waals surface area (Å²) in [4.78, 5) is 31.9. The highest BCUT2D eigenvalue weighted by Gasteiger charge is 2.43. The zero-order valence-corrected chi connectivity index (χ0v) is 18.4. The van der Waals surface area contributed by atoms with Gasteiger partial charge >= 0.3 is 0 Å². The average molecular weight is 443 g/mol. The number of aromatic nitrogens is 3. The summed E-state index contributed by atoms with van der Waals surface area (Å²) in [5.74, 6) is -0.510. The van der Waals surface area contributed by atoms with Gasteiger partial charge in [-0.2, -0.15) is 5.10 Å². The number of hydrogen-bond donors (Lipinski definition) is 3. The molecule has 0 bridgehead atoms. The van der Waals surface area contributed by atoms with E-state index in [0.717, 1.165) is 24.1 Å². The Labute approximate surface area is 187 Å². The van der Waals surface area contributed by atoms with Crippen LogP contribution in [0.3, 0.4) is 0 Å². The van der Waals surface area contributed by atoms with Crippen molar-refractivity contribution in [3.8, 4) is 11.3 Å². The summed E-state index contributed by atoms with van der Waals surface area (Å²) in [5.41, 5.74) is 2.59. The lowest BCUT2D eigenvalue weighted by atomic mass is 10.1. The number of carbonyl (C=O) groups excluding carboxylic acids is 2. The van der Waals surface area contributed by atoms with Gasteiger partial charge in [0.25, 0.3) is 0 Å². The summed E-state index contributed by atoms with van der Waals surface area (Å²) >= 11 is 0. The summed E-state index contributed by atoms with van der Waals surface area (Å²) in [5, 5.41) is 20.2. The minimum absolute atomic E-state index is 0.138. The number of carbonyl (C=O) groups is 2. The van der Waals surface area contributed by atoms with Crippen LogP contribution in [-0.4, -0.2) is 81.1 Å². The Kier molecular flexibility index (Phi) is 6.83. The smallest absolute Gasteiger partial charge is 0.243 e. The van der Waals surface area contributed by atoms with Gasteiger partial charge in [-0.3, -0.25) is 19.3 Å². The topological polar surface area (TPSA) is 122 Å². The van der Waals surface area contributed by atoms with Crippen LogP contribution in [0.4, 0.5) is 0 Å². The number of likely N-dealkylation sites (N-methyl/N-ethyl adjacent to an activating group) is 1. The van der Waals surface area contributed by atoms with Crippen molar-refractivity contribution in [2.45, 2.75) is 50.1 Å². The standard InChI is InChI=1S/C22H30N6O4/c1-23-20(19-4-3-9-32-19)22(31)28-13-16(29)10-18(28)21(30)25-12-15-6-5-14(11-24-15)17-7-8-26-27(17)2/h5-8,11,16,18-20,23,29H,3-4,9-10,12-13H2,1-2H3,(H,25,30)/t16-,18+,19?,20?/m1/s1. The maximum Gasteiger partial charge on any atom is 0.243 e. The number of β-amino-alcohol motifs (C(OH)–C–C–N with tert-alkyl or cyclic N) is 1. The molecule has 0 aliphatic carbocycles. The van der Waals surface area contributed by atoms with Crippen LogP contribution in [0.1, 0.15) is 25.0 Å². The normalized spacial score (nSPS) is 24.0. The molecule has 2 unspecified atom stereocenters. The number of hydrogen-bond acceptors (Lipinski definition) is 7. The van der Waals surface area contributed by atoms with E-state index in [1.54, 1.807) is 24.1 Å². The van der Waals surface area contributed by atoms with Gasteiger partial charge in [-0.25, -0.2) is 0 Å². The number of ether oxygens (including phenoxy) is 1. The first-order valence-electron chi connectivity index (χ1n) is 11.0. The lowest BCUT2D eigenvalue weighted by Crippen LogP contribution is -2.55. The highest BCUT2D eigenvalue weighted by molar-refractivity contribution is 5.91. The lowest BCUT2D eigenvalue weighted by molar-refractivity contribution is -0.142. The minimum atomic E-state index is -0.729. The van der Waals surface area contributed by atoms with Crippen LogP contribution in [0, 0.1) is 0 Å². The van der Waals surface area contributed by atoms with Gasteiger partial charge in [-0.1, -0.05) is 0 Å². The Hall–Kier alpha value is -2.82. The quantitative estimate of drug-likeness (QED) is 0.544. The molecule has 2 aromatic heterocycles. The molecule has 0 saturated carbocycles. The van der Waals surface area contributed by atoms with Gasteiger partial charge in [-0.05, 0) is 38.1 Å². The molecule has 4 heterocycles. The maximum absolute atomic E-state index is 13.1. The van der Waals surface area contributed by atoms with Crippen LogP contribution >= 0.6 is 0 Å². The van der Waals surface area contributed by atoms with Crippen LogP contribution in [0.15, 0.2) is 30.6 Å². The fourth-order valence-electron chi connectivity index (χ4n) is 4.45. The molecule has 0 spiro atoms. The number of aryl methyl sites for hydroxylation is 1. The first kappa shape index (κ1) is 22.4. The SMILES string of the molecule is CNC(C(=O)N1C[C@H](O)C[C@H]1C(=O)NCc1ccc(-c2ccnn2C)cn1)C1CCCO1. The minimum Gasteiger partial charge on any atom is -0.391 e. The third-order valence-corrected chi connectivity index (χ3v) is 6.16. The second kappa shape index (κ2) is 9.76. The molecule has 10 heteroatoms. The number of aliphatic hydroxyl groups excluding tert-OH is 1. The number of amides is 2.